The molecule has 0 spiro atoms. The Kier molecular flexibility index (Phi) is 3.63. The van der Waals surface area contributed by atoms with E-state index in [0.29, 0.717) is 5.95 Å². The summed E-state index contributed by atoms with van der Waals surface area (Å²) in [5, 5.41) is 12.9. The molecule has 0 atom stereocenters. The molecule has 0 unspecified atom stereocenters. The summed E-state index contributed by atoms with van der Waals surface area (Å²) in [4.78, 5) is 11.4. The molecule has 5 nitrogen and oxygen atoms in total. The van der Waals surface area contributed by atoms with E-state index >= 15 is 0 Å². The molecule has 0 saturated carbocycles. The van der Waals surface area contributed by atoms with Crippen molar-refractivity contribution in [1.82, 2.24) is 20.2 Å². The highest BCUT2D eigenvalue weighted by Crippen LogP contribution is 2.36. The Bertz CT molecular complexity index is 692. The Morgan fingerprint density at radius 2 is 2.26 bits per heavy atom. The molecule has 0 fully saturated rings. The van der Waals surface area contributed by atoms with Gasteiger partial charge < -0.3 is 5.32 Å². The van der Waals surface area contributed by atoms with E-state index in [2.05, 4.69) is 38.5 Å². The molecule has 0 saturated heterocycles. The van der Waals surface area contributed by atoms with Crippen LogP contribution in [0.1, 0.15) is 11.8 Å². The van der Waals surface area contributed by atoms with E-state index in [0.717, 1.165) is 26.0 Å². The van der Waals surface area contributed by atoms with Crippen LogP contribution in [0.4, 0.5) is 5.95 Å². The molecular weight excluding hydrogens is 298 g/mol. The number of nitrogens with zero attached hydrogens (tertiary/aromatic N) is 4. The summed E-state index contributed by atoms with van der Waals surface area (Å²) >= 11 is 4.77. The zero-order valence-corrected chi connectivity index (χ0v) is 12.8. The zero-order chi connectivity index (χ0) is 13.2. The average molecular weight is 309 g/mol. The molecule has 19 heavy (non-hydrogen) atoms. The van der Waals surface area contributed by atoms with Gasteiger partial charge in [0.15, 0.2) is 4.34 Å². The zero-order valence-electron chi connectivity index (χ0n) is 10.4. The summed E-state index contributed by atoms with van der Waals surface area (Å²) < 4.78 is 0.895. The van der Waals surface area contributed by atoms with Gasteiger partial charge in [-0.2, -0.15) is 0 Å². The number of hydrogen-bond donors (Lipinski definition) is 1. The van der Waals surface area contributed by atoms with Gasteiger partial charge in [0, 0.05) is 17.3 Å². The lowest BCUT2D eigenvalue weighted by atomic mass is 10.3. The van der Waals surface area contributed by atoms with E-state index in [9.17, 15) is 0 Å². The highest BCUT2D eigenvalue weighted by Gasteiger charge is 2.13. The minimum absolute atomic E-state index is 0.643. The second kappa shape index (κ2) is 5.40. The van der Waals surface area contributed by atoms with Crippen LogP contribution in [-0.2, 0) is 6.42 Å². The Morgan fingerprint density at radius 1 is 1.37 bits per heavy atom. The predicted octanol–water partition coefficient (Wildman–Crippen LogP) is 3.30. The molecule has 0 aromatic carbocycles. The van der Waals surface area contributed by atoms with E-state index in [4.69, 9.17) is 0 Å². The van der Waals surface area contributed by atoms with Crippen LogP contribution in [0.5, 0.6) is 0 Å². The standard InChI is InChI=1S/C11H11N5S3/c1-3-6-4-7-8(18-6)14-10(12-2)15-9(7)19-11-16-13-5-17-11/h4-5H,3H2,1-2H3,(H,12,14,15). The van der Waals surface area contributed by atoms with E-state index in [1.165, 1.54) is 28.0 Å². The smallest absolute Gasteiger partial charge is 0.224 e. The molecule has 3 heterocycles. The lowest BCUT2D eigenvalue weighted by Gasteiger charge is -2.02. The lowest BCUT2D eigenvalue weighted by molar-refractivity contribution is 1.01. The van der Waals surface area contributed by atoms with Crippen molar-refractivity contribution in [2.24, 2.45) is 0 Å². The summed E-state index contributed by atoms with van der Waals surface area (Å²) in [5.41, 5.74) is 1.73. The molecule has 0 radical (unpaired) electrons. The number of fused-ring (bicyclic) bond motifs is 1. The first-order valence-electron chi connectivity index (χ1n) is 5.72. The van der Waals surface area contributed by atoms with E-state index in [1.54, 1.807) is 16.8 Å². The molecule has 0 bridgehead atoms. The summed E-state index contributed by atoms with van der Waals surface area (Å²) in [6, 6.07) is 2.17. The van der Waals surface area contributed by atoms with Crippen LogP contribution in [0.3, 0.4) is 0 Å². The molecule has 0 amide bonds. The number of rotatable bonds is 4. The van der Waals surface area contributed by atoms with Crippen LogP contribution in [-0.4, -0.2) is 27.2 Å². The maximum atomic E-state index is 4.53. The minimum atomic E-state index is 0.643. The first-order chi connectivity index (χ1) is 9.30. The quantitative estimate of drug-likeness (QED) is 0.746. The number of anilines is 1. The fraction of sp³-hybridized carbons (Fsp3) is 0.273. The van der Waals surface area contributed by atoms with E-state index in [1.807, 2.05) is 7.05 Å². The Labute approximate surface area is 122 Å². The molecule has 3 rings (SSSR count). The van der Waals surface area contributed by atoms with Crippen molar-refractivity contribution in [3.63, 3.8) is 0 Å². The number of nitrogens with one attached hydrogen (secondary N) is 1. The number of aromatic nitrogens is 4. The fourth-order valence-corrected chi connectivity index (χ4v) is 4.12. The van der Waals surface area contributed by atoms with Crippen LogP contribution in [0, 0.1) is 0 Å². The Morgan fingerprint density at radius 3 is 2.95 bits per heavy atom. The third kappa shape index (κ3) is 2.56. The third-order valence-electron chi connectivity index (χ3n) is 2.50. The molecular formula is C11H11N5S3. The van der Waals surface area contributed by atoms with Gasteiger partial charge in [0.05, 0.1) is 0 Å². The van der Waals surface area contributed by atoms with Crippen molar-refractivity contribution in [2.75, 3.05) is 12.4 Å². The van der Waals surface area contributed by atoms with Gasteiger partial charge in [-0.1, -0.05) is 18.3 Å². The lowest BCUT2D eigenvalue weighted by Crippen LogP contribution is -1.96. The number of hydrogen-bond acceptors (Lipinski definition) is 8. The van der Waals surface area contributed by atoms with Gasteiger partial charge >= 0.3 is 0 Å². The molecule has 0 aliphatic carbocycles. The summed E-state index contributed by atoms with van der Waals surface area (Å²) in [6.45, 7) is 2.15. The van der Waals surface area contributed by atoms with Crippen LogP contribution in [0.15, 0.2) is 20.9 Å². The highest BCUT2D eigenvalue weighted by molar-refractivity contribution is 8.01. The number of aryl methyl sites for hydroxylation is 1. The van der Waals surface area contributed by atoms with Gasteiger partial charge in [-0.05, 0) is 24.2 Å². The van der Waals surface area contributed by atoms with Crippen LogP contribution < -0.4 is 5.32 Å². The van der Waals surface area contributed by atoms with Crippen LogP contribution >= 0.6 is 34.4 Å². The Balaban J connectivity index is 2.11. The molecule has 1 N–H and O–H groups in total. The predicted molar refractivity (Wildman–Crippen MR) is 80.4 cm³/mol. The normalized spacial score (nSPS) is 11.1. The van der Waals surface area contributed by atoms with Gasteiger partial charge in [0.1, 0.15) is 15.4 Å². The van der Waals surface area contributed by atoms with Gasteiger partial charge in [-0.15, -0.1) is 21.5 Å². The first kappa shape index (κ1) is 12.8. The SMILES string of the molecule is CCc1cc2c(Sc3nncs3)nc(NC)nc2s1. The van der Waals surface area contributed by atoms with Crippen molar-refractivity contribution in [3.8, 4) is 0 Å². The third-order valence-corrected chi connectivity index (χ3v) is 5.46. The molecule has 8 heteroatoms. The van der Waals surface area contributed by atoms with Crippen LogP contribution in [0.25, 0.3) is 10.2 Å². The Hall–Kier alpha value is -1.25. The van der Waals surface area contributed by atoms with Crippen LogP contribution in [0.2, 0.25) is 0 Å². The summed E-state index contributed by atoms with van der Waals surface area (Å²) in [5.74, 6) is 0.643. The van der Waals surface area contributed by atoms with Crippen molar-refractivity contribution >= 4 is 50.6 Å². The number of thiophene rings is 1. The molecule has 0 aliphatic rings. The second-order valence-electron chi connectivity index (χ2n) is 3.69. The highest BCUT2D eigenvalue weighted by atomic mass is 32.2. The van der Waals surface area contributed by atoms with Gasteiger partial charge in [0.2, 0.25) is 5.95 Å². The second-order valence-corrected chi connectivity index (χ2v) is 6.88. The molecule has 3 aromatic rings. The maximum Gasteiger partial charge on any atom is 0.224 e. The van der Waals surface area contributed by atoms with Gasteiger partial charge in [0.25, 0.3) is 0 Å². The first-order valence-corrected chi connectivity index (χ1v) is 8.23. The maximum absolute atomic E-state index is 4.53. The molecule has 0 aliphatic heterocycles. The van der Waals surface area contributed by atoms with Crippen molar-refractivity contribution in [3.05, 3.63) is 16.5 Å². The average Bonchev–Trinajstić information content (AvgIpc) is 3.06. The van der Waals surface area contributed by atoms with Crippen molar-refractivity contribution in [2.45, 2.75) is 22.7 Å². The van der Waals surface area contributed by atoms with E-state index < -0.39 is 0 Å². The van der Waals surface area contributed by atoms with Crippen molar-refractivity contribution in [1.29, 1.82) is 0 Å². The van der Waals surface area contributed by atoms with E-state index in [-0.39, 0.29) is 0 Å². The summed E-state index contributed by atoms with van der Waals surface area (Å²) in [6.07, 6.45) is 1.01. The molecule has 98 valence electrons. The molecule has 3 aromatic heterocycles. The topological polar surface area (TPSA) is 63.6 Å². The minimum Gasteiger partial charge on any atom is -0.357 e. The monoisotopic (exact) mass is 309 g/mol. The summed E-state index contributed by atoms with van der Waals surface area (Å²) in [7, 11) is 1.83. The van der Waals surface area contributed by atoms with Gasteiger partial charge in [-0.25, -0.2) is 9.97 Å². The van der Waals surface area contributed by atoms with Crippen molar-refractivity contribution < 1.29 is 0 Å². The largest absolute Gasteiger partial charge is 0.357 e. The fourth-order valence-electron chi connectivity index (χ4n) is 1.60. The van der Waals surface area contributed by atoms with Gasteiger partial charge in [-0.3, -0.25) is 0 Å².